The number of nitrogens with one attached hydrogen (secondary N) is 1. The molecule has 0 radical (unpaired) electrons. The largest absolute Gasteiger partial charge is 0.508 e. The summed E-state index contributed by atoms with van der Waals surface area (Å²) in [7, 11) is -0.778. The molecule has 1 aliphatic heterocycles. The lowest BCUT2D eigenvalue weighted by atomic mass is 9.77. The Labute approximate surface area is 222 Å². The summed E-state index contributed by atoms with van der Waals surface area (Å²) < 4.78 is 31.9. The van der Waals surface area contributed by atoms with E-state index >= 15 is 0 Å². The molecular weight excluding hydrogens is 484 g/mol. The van der Waals surface area contributed by atoms with E-state index in [4.69, 9.17) is 14.0 Å². The van der Waals surface area contributed by atoms with Gasteiger partial charge in [-0.05, 0) is 73.1 Å². The fourth-order valence-electron chi connectivity index (χ4n) is 4.91. The second kappa shape index (κ2) is 9.93. The SMILES string of the molecule is CC1(C)OB(C(=Cc2cc(O)cc(F)c2)CNC(=O)OCC2c3ccccc3-c3ccccc32)OC1(C)C. The molecule has 0 bridgehead atoms. The van der Waals surface area contributed by atoms with Crippen LogP contribution in [0.1, 0.15) is 50.3 Å². The lowest BCUT2D eigenvalue weighted by Gasteiger charge is -2.32. The first-order valence-electron chi connectivity index (χ1n) is 12.7. The third kappa shape index (κ3) is 5.06. The number of rotatable bonds is 6. The van der Waals surface area contributed by atoms with E-state index in [0.29, 0.717) is 11.0 Å². The maximum absolute atomic E-state index is 13.9. The van der Waals surface area contributed by atoms with E-state index in [1.807, 2.05) is 52.0 Å². The first-order chi connectivity index (χ1) is 18.0. The quantitative estimate of drug-likeness (QED) is 0.389. The molecule has 1 heterocycles. The van der Waals surface area contributed by atoms with Gasteiger partial charge in [-0.15, -0.1) is 0 Å². The van der Waals surface area contributed by atoms with Gasteiger partial charge in [0.2, 0.25) is 0 Å². The Morgan fingerprint density at radius 2 is 1.58 bits per heavy atom. The maximum atomic E-state index is 13.9. The smallest absolute Gasteiger partial charge is 0.492 e. The van der Waals surface area contributed by atoms with E-state index in [9.17, 15) is 14.3 Å². The molecule has 0 spiro atoms. The van der Waals surface area contributed by atoms with Gasteiger partial charge >= 0.3 is 13.2 Å². The maximum Gasteiger partial charge on any atom is 0.492 e. The molecule has 5 rings (SSSR count). The Morgan fingerprint density at radius 1 is 1.00 bits per heavy atom. The average Bonchev–Trinajstić information content (AvgIpc) is 3.29. The van der Waals surface area contributed by atoms with Crippen molar-refractivity contribution in [2.24, 2.45) is 0 Å². The van der Waals surface area contributed by atoms with Crippen molar-refractivity contribution in [2.75, 3.05) is 13.2 Å². The third-order valence-electron chi connectivity index (χ3n) is 7.59. The molecule has 0 atom stereocenters. The number of hydrogen-bond acceptors (Lipinski definition) is 5. The highest BCUT2D eigenvalue weighted by atomic mass is 19.1. The van der Waals surface area contributed by atoms with E-state index in [-0.39, 0.29) is 24.8 Å². The summed E-state index contributed by atoms with van der Waals surface area (Å²) in [6.07, 6.45) is 1.06. The normalized spacial score (nSPS) is 17.7. The minimum Gasteiger partial charge on any atom is -0.508 e. The summed E-state index contributed by atoms with van der Waals surface area (Å²) in [6, 6.07) is 20.0. The zero-order chi connectivity index (χ0) is 27.1. The van der Waals surface area contributed by atoms with Gasteiger partial charge in [-0.1, -0.05) is 54.6 Å². The number of ether oxygens (including phenoxy) is 1. The van der Waals surface area contributed by atoms with Crippen LogP contribution in [0.2, 0.25) is 0 Å². The number of amides is 1. The summed E-state index contributed by atoms with van der Waals surface area (Å²) in [5.41, 5.74) is 4.33. The minimum atomic E-state index is -0.778. The van der Waals surface area contributed by atoms with Crippen LogP contribution in [0.4, 0.5) is 9.18 Å². The van der Waals surface area contributed by atoms with Crippen LogP contribution in [0.15, 0.2) is 72.2 Å². The molecule has 1 saturated heterocycles. The number of fused-ring (bicyclic) bond motifs is 3. The topological polar surface area (TPSA) is 77.0 Å². The standard InChI is InChI=1S/C30H31BFNO5/c1-29(2)30(3,4)38-31(37-29)20(13-19-14-21(32)16-22(34)15-19)17-33-28(35)36-18-27-25-11-7-5-9-23(25)24-10-6-8-12-26(24)27/h5-16,27,34H,17-18H2,1-4H3,(H,33,35). The summed E-state index contributed by atoms with van der Waals surface area (Å²) in [4.78, 5) is 12.8. The summed E-state index contributed by atoms with van der Waals surface area (Å²) >= 11 is 0. The lowest BCUT2D eigenvalue weighted by Crippen LogP contribution is -2.41. The van der Waals surface area contributed by atoms with Crippen molar-refractivity contribution >= 4 is 19.3 Å². The summed E-state index contributed by atoms with van der Waals surface area (Å²) in [5.74, 6) is -0.829. The van der Waals surface area contributed by atoms with E-state index < -0.39 is 30.2 Å². The zero-order valence-electron chi connectivity index (χ0n) is 22.0. The minimum absolute atomic E-state index is 0.0464. The number of carbonyl (C=O) groups excluding carboxylic acids is 1. The van der Waals surface area contributed by atoms with Crippen LogP contribution in [0, 0.1) is 5.82 Å². The van der Waals surface area contributed by atoms with Crippen LogP contribution < -0.4 is 5.32 Å². The van der Waals surface area contributed by atoms with Gasteiger partial charge in [-0.3, -0.25) is 0 Å². The first kappa shape index (κ1) is 26.0. The van der Waals surface area contributed by atoms with Crippen molar-refractivity contribution in [1.82, 2.24) is 5.32 Å². The molecule has 6 nitrogen and oxygen atoms in total. The molecule has 196 valence electrons. The number of aromatic hydroxyl groups is 1. The van der Waals surface area contributed by atoms with E-state index in [1.165, 1.54) is 12.1 Å². The van der Waals surface area contributed by atoms with Gasteiger partial charge in [-0.25, -0.2) is 9.18 Å². The van der Waals surface area contributed by atoms with Gasteiger partial charge < -0.3 is 24.5 Å². The second-order valence-electron chi connectivity index (χ2n) is 10.7. The highest BCUT2D eigenvalue weighted by molar-refractivity contribution is 6.56. The zero-order valence-corrected chi connectivity index (χ0v) is 22.0. The molecule has 2 aliphatic rings. The van der Waals surface area contributed by atoms with Gasteiger partial charge in [0.15, 0.2) is 0 Å². The van der Waals surface area contributed by atoms with Crippen molar-refractivity contribution < 1.29 is 28.3 Å². The molecule has 1 amide bonds. The van der Waals surface area contributed by atoms with Crippen LogP contribution in [-0.2, 0) is 14.0 Å². The molecule has 3 aromatic rings. The Hall–Kier alpha value is -3.62. The average molecular weight is 515 g/mol. The molecule has 0 aromatic heterocycles. The van der Waals surface area contributed by atoms with Crippen LogP contribution in [0.5, 0.6) is 5.75 Å². The van der Waals surface area contributed by atoms with Gasteiger partial charge in [0.05, 0.1) is 11.2 Å². The number of phenols is 1. The predicted octanol–water partition coefficient (Wildman–Crippen LogP) is 6.08. The Kier molecular flexibility index (Phi) is 6.80. The second-order valence-corrected chi connectivity index (χ2v) is 10.7. The number of benzene rings is 3. The van der Waals surface area contributed by atoms with E-state index in [1.54, 1.807) is 6.08 Å². The fraction of sp³-hybridized carbons (Fsp3) is 0.300. The first-order valence-corrected chi connectivity index (χ1v) is 12.7. The highest BCUT2D eigenvalue weighted by Gasteiger charge is 2.52. The molecule has 2 N–H and O–H groups in total. The van der Waals surface area contributed by atoms with Gasteiger partial charge in [-0.2, -0.15) is 0 Å². The van der Waals surface area contributed by atoms with Crippen molar-refractivity contribution in [3.63, 3.8) is 0 Å². The van der Waals surface area contributed by atoms with E-state index in [0.717, 1.165) is 28.3 Å². The van der Waals surface area contributed by atoms with Crippen molar-refractivity contribution in [1.29, 1.82) is 0 Å². The summed E-state index contributed by atoms with van der Waals surface area (Å²) in [5, 5.41) is 12.6. The van der Waals surface area contributed by atoms with Crippen molar-refractivity contribution in [2.45, 2.75) is 44.8 Å². The summed E-state index contributed by atoms with van der Waals surface area (Å²) in [6.45, 7) is 7.95. The number of carbonyl (C=O) groups is 1. The fourth-order valence-corrected chi connectivity index (χ4v) is 4.91. The molecule has 8 heteroatoms. The highest BCUT2D eigenvalue weighted by Crippen LogP contribution is 2.44. The Balaban J connectivity index is 1.31. The molecule has 1 fully saturated rings. The number of alkyl carbamates (subject to hydrolysis) is 1. The van der Waals surface area contributed by atoms with Crippen LogP contribution in [-0.4, -0.2) is 42.7 Å². The van der Waals surface area contributed by atoms with Crippen molar-refractivity contribution in [3.05, 3.63) is 94.7 Å². The molecule has 0 unspecified atom stereocenters. The molecular formula is C30H31BFNO5. The predicted molar refractivity (Wildman–Crippen MR) is 145 cm³/mol. The molecule has 0 saturated carbocycles. The van der Waals surface area contributed by atoms with Crippen LogP contribution in [0.3, 0.4) is 0 Å². The molecule has 1 aliphatic carbocycles. The van der Waals surface area contributed by atoms with E-state index in [2.05, 4.69) is 29.6 Å². The van der Waals surface area contributed by atoms with Crippen molar-refractivity contribution in [3.8, 4) is 16.9 Å². The number of halogens is 1. The van der Waals surface area contributed by atoms with Gasteiger partial charge in [0, 0.05) is 18.5 Å². The monoisotopic (exact) mass is 515 g/mol. The molecule has 38 heavy (non-hydrogen) atoms. The number of hydrogen-bond donors (Lipinski definition) is 2. The van der Waals surface area contributed by atoms with Gasteiger partial charge in [0.25, 0.3) is 0 Å². The number of phenolic OH excluding ortho intramolecular Hbond substituents is 1. The lowest BCUT2D eigenvalue weighted by molar-refractivity contribution is 0.00578. The van der Waals surface area contributed by atoms with Crippen LogP contribution in [0.25, 0.3) is 17.2 Å². The Bertz CT molecular complexity index is 1320. The Morgan fingerprint density at radius 3 is 2.16 bits per heavy atom. The van der Waals surface area contributed by atoms with Crippen LogP contribution >= 0.6 is 0 Å². The van der Waals surface area contributed by atoms with Gasteiger partial charge in [0.1, 0.15) is 18.2 Å². The molecule has 3 aromatic carbocycles. The third-order valence-corrected chi connectivity index (χ3v) is 7.59.